The van der Waals surface area contributed by atoms with Gasteiger partial charge in [0.25, 0.3) is 5.91 Å². The fourth-order valence-electron chi connectivity index (χ4n) is 6.15. The van der Waals surface area contributed by atoms with E-state index in [1.165, 1.54) is 7.11 Å². The maximum Gasteiger partial charge on any atom is 0.407 e. The van der Waals surface area contributed by atoms with Gasteiger partial charge in [-0.2, -0.15) is 0 Å². The van der Waals surface area contributed by atoms with Gasteiger partial charge in [0.15, 0.2) is 0 Å². The first kappa shape index (κ1) is 34.7. The van der Waals surface area contributed by atoms with E-state index in [9.17, 15) is 14.4 Å². The Balaban J connectivity index is 1.08. The number of H-pyrrole nitrogens is 1. The normalized spacial score (nSPS) is 19.0. The molecule has 3 heterocycles. The van der Waals surface area contributed by atoms with Crippen molar-refractivity contribution in [2.45, 2.75) is 44.2 Å². The van der Waals surface area contributed by atoms with E-state index in [0.717, 1.165) is 79.3 Å². The average molecular weight is 681 g/mol. The molecule has 3 amide bonds. The summed E-state index contributed by atoms with van der Waals surface area (Å²) in [4.78, 5) is 48.3. The number of rotatable bonds is 7. The van der Waals surface area contributed by atoms with Crippen molar-refractivity contribution in [1.29, 1.82) is 0 Å². The number of anilines is 2. The monoisotopic (exact) mass is 680 g/mol. The summed E-state index contributed by atoms with van der Waals surface area (Å²) >= 11 is 0. The van der Waals surface area contributed by atoms with Crippen LogP contribution in [0.25, 0.3) is 22.4 Å². The number of aromatic amines is 1. The van der Waals surface area contributed by atoms with Gasteiger partial charge in [-0.25, -0.2) is 9.78 Å². The summed E-state index contributed by atoms with van der Waals surface area (Å²) in [6.45, 7) is 4.29. The van der Waals surface area contributed by atoms with Crippen LogP contribution in [-0.2, 0) is 19.0 Å². The SMILES string of the molecule is COC(=O)N[C@H]1CCCCCOCC[C@@H](c2ncc(-c3ccc(-c4ccc(C(=O)Nc5ccc(N6CCOCC6)cc5)cc4)cc3)[nH]2)NC1=O. The molecule has 4 aromatic rings. The van der Waals surface area contributed by atoms with Crippen molar-refractivity contribution in [2.24, 2.45) is 0 Å². The second kappa shape index (κ2) is 17.0. The van der Waals surface area contributed by atoms with E-state index < -0.39 is 18.2 Å². The molecule has 2 aliphatic rings. The van der Waals surface area contributed by atoms with Gasteiger partial charge >= 0.3 is 6.09 Å². The number of alkyl carbamates (subject to hydrolysis) is 1. The van der Waals surface area contributed by atoms with Gasteiger partial charge in [0, 0.05) is 43.2 Å². The number of nitrogens with zero attached hydrogens (tertiary/aromatic N) is 2. The Labute approximate surface area is 291 Å². The molecule has 0 saturated carbocycles. The van der Waals surface area contributed by atoms with Crippen molar-refractivity contribution in [1.82, 2.24) is 20.6 Å². The zero-order valence-electron chi connectivity index (χ0n) is 28.3. The highest BCUT2D eigenvalue weighted by Crippen LogP contribution is 2.27. The fraction of sp³-hybridized carbons (Fsp3) is 0.368. The fourth-order valence-corrected chi connectivity index (χ4v) is 6.15. The minimum atomic E-state index is -0.700. The number of imidazole rings is 1. The lowest BCUT2D eigenvalue weighted by atomic mass is 10.0. The van der Waals surface area contributed by atoms with E-state index >= 15 is 0 Å². The lowest BCUT2D eigenvalue weighted by Gasteiger charge is -2.28. The second-order valence-corrected chi connectivity index (χ2v) is 12.4. The maximum absolute atomic E-state index is 13.2. The molecule has 0 spiro atoms. The number of amides is 3. The van der Waals surface area contributed by atoms with Gasteiger partial charge in [0.2, 0.25) is 5.91 Å². The van der Waals surface area contributed by atoms with Crippen LogP contribution in [0.3, 0.4) is 0 Å². The van der Waals surface area contributed by atoms with Gasteiger partial charge in [-0.15, -0.1) is 0 Å². The lowest BCUT2D eigenvalue weighted by molar-refractivity contribution is -0.124. The van der Waals surface area contributed by atoms with Gasteiger partial charge in [0.05, 0.1) is 38.3 Å². The molecule has 0 aliphatic carbocycles. The Hall–Kier alpha value is -5.20. The van der Waals surface area contributed by atoms with E-state index in [-0.39, 0.29) is 11.8 Å². The predicted octanol–water partition coefficient (Wildman–Crippen LogP) is 5.70. The first-order chi connectivity index (χ1) is 24.5. The van der Waals surface area contributed by atoms with Crippen LogP contribution < -0.4 is 20.9 Å². The Bertz CT molecular complexity index is 1720. The summed E-state index contributed by atoms with van der Waals surface area (Å²) in [6.07, 6.45) is 4.72. The third-order valence-electron chi connectivity index (χ3n) is 9.05. The Kier molecular flexibility index (Phi) is 11.7. The third kappa shape index (κ3) is 9.07. The number of hydrogen-bond donors (Lipinski definition) is 4. The van der Waals surface area contributed by atoms with Crippen LogP contribution in [0.15, 0.2) is 79.0 Å². The number of carbonyl (C=O) groups excluding carboxylic acids is 3. The van der Waals surface area contributed by atoms with Crippen LogP contribution in [0.5, 0.6) is 0 Å². The van der Waals surface area contributed by atoms with Crippen LogP contribution in [0.2, 0.25) is 0 Å². The molecule has 2 fully saturated rings. The molecular weight excluding hydrogens is 636 g/mol. The van der Waals surface area contributed by atoms with Crippen molar-refractivity contribution in [3.8, 4) is 22.4 Å². The average Bonchev–Trinajstić information content (AvgIpc) is 3.65. The number of morpholine rings is 1. The number of benzene rings is 3. The Morgan fingerprint density at radius 2 is 1.50 bits per heavy atom. The number of nitrogens with one attached hydrogen (secondary N) is 4. The van der Waals surface area contributed by atoms with Crippen LogP contribution in [-0.4, -0.2) is 80.5 Å². The van der Waals surface area contributed by atoms with Gasteiger partial charge in [0.1, 0.15) is 11.9 Å². The molecule has 1 aromatic heterocycles. The molecule has 6 rings (SSSR count). The number of aromatic nitrogens is 2. The largest absolute Gasteiger partial charge is 0.453 e. The van der Waals surface area contributed by atoms with Crippen LogP contribution >= 0.6 is 0 Å². The molecule has 0 unspecified atom stereocenters. The molecule has 2 aliphatic heterocycles. The summed E-state index contributed by atoms with van der Waals surface area (Å²) in [5, 5.41) is 8.70. The second-order valence-electron chi connectivity index (χ2n) is 12.4. The number of carbonyl (C=O) groups is 3. The van der Waals surface area contributed by atoms with E-state index in [2.05, 4.69) is 30.8 Å². The zero-order chi connectivity index (χ0) is 34.7. The van der Waals surface area contributed by atoms with Gasteiger partial charge in [-0.1, -0.05) is 49.2 Å². The molecular formula is C38H44N6O6. The molecule has 4 N–H and O–H groups in total. The van der Waals surface area contributed by atoms with Crippen molar-refractivity contribution in [3.63, 3.8) is 0 Å². The van der Waals surface area contributed by atoms with Crippen LogP contribution in [0.1, 0.15) is 54.3 Å². The molecule has 0 radical (unpaired) electrons. The number of methoxy groups -OCH3 is 1. The summed E-state index contributed by atoms with van der Waals surface area (Å²) in [5.74, 6) is 0.155. The molecule has 12 heteroatoms. The summed E-state index contributed by atoms with van der Waals surface area (Å²) in [7, 11) is 1.28. The maximum atomic E-state index is 13.2. The predicted molar refractivity (Wildman–Crippen MR) is 191 cm³/mol. The van der Waals surface area contributed by atoms with Crippen molar-refractivity contribution in [3.05, 3.63) is 90.4 Å². The van der Waals surface area contributed by atoms with Crippen LogP contribution in [0.4, 0.5) is 16.2 Å². The number of hydrogen-bond acceptors (Lipinski definition) is 8. The molecule has 12 nitrogen and oxygen atoms in total. The Morgan fingerprint density at radius 3 is 2.22 bits per heavy atom. The topological polar surface area (TPSA) is 147 Å². The first-order valence-electron chi connectivity index (χ1n) is 17.2. The Morgan fingerprint density at radius 1 is 0.820 bits per heavy atom. The first-order valence-corrected chi connectivity index (χ1v) is 17.2. The van der Waals surface area contributed by atoms with E-state index in [0.29, 0.717) is 37.4 Å². The molecule has 262 valence electrons. The minimum absolute atomic E-state index is 0.166. The molecule has 3 aromatic carbocycles. The van der Waals surface area contributed by atoms with Gasteiger partial charge < -0.3 is 40.0 Å². The lowest BCUT2D eigenvalue weighted by Crippen LogP contribution is -2.48. The highest BCUT2D eigenvalue weighted by Gasteiger charge is 2.26. The van der Waals surface area contributed by atoms with Crippen molar-refractivity contribution in [2.75, 3.05) is 56.8 Å². The van der Waals surface area contributed by atoms with Crippen molar-refractivity contribution < 1.29 is 28.6 Å². The smallest absolute Gasteiger partial charge is 0.407 e. The molecule has 2 atom stereocenters. The highest BCUT2D eigenvalue weighted by molar-refractivity contribution is 6.04. The molecule has 50 heavy (non-hydrogen) atoms. The summed E-state index contributed by atoms with van der Waals surface area (Å²) < 4.78 is 16.0. The number of ether oxygens (including phenoxy) is 3. The third-order valence-corrected chi connectivity index (χ3v) is 9.05. The van der Waals surface area contributed by atoms with Crippen LogP contribution in [0, 0.1) is 0 Å². The summed E-state index contributed by atoms with van der Waals surface area (Å²) in [6, 6.07) is 22.4. The van der Waals surface area contributed by atoms with E-state index in [1.54, 1.807) is 6.20 Å². The van der Waals surface area contributed by atoms with Gasteiger partial charge in [-0.05, 0) is 72.4 Å². The summed E-state index contributed by atoms with van der Waals surface area (Å²) in [5.41, 5.74) is 6.17. The van der Waals surface area contributed by atoms with E-state index in [1.807, 2.05) is 72.8 Å². The highest BCUT2D eigenvalue weighted by atomic mass is 16.5. The van der Waals surface area contributed by atoms with E-state index in [4.69, 9.17) is 14.2 Å². The quantitative estimate of drug-likeness (QED) is 0.195. The zero-order valence-corrected chi connectivity index (χ0v) is 28.3. The molecule has 2 saturated heterocycles. The molecule has 0 bridgehead atoms. The van der Waals surface area contributed by atoms with Gasteiger partial charge in [-0.3, -0.25) is 9.59 Å². The van der Waals surface area contributed by atoms with Crippen molar-refractivity contribution >= 4 is 29.3 Å². The standard InChI is InChI=1S/C38H44N6O6/c1-48-38(47)43-33-5-3-2-4-21-49-22-18-32(42-37(33)46)35-39-25-34(41-35)28-10-6-26(7-11-28)27-8-12-29(13-9-27)36(45)40-30-14-16-31(17-15-30)44-19-23-50-24-20-44/h6-17,25,32-33H,2-5,18-24H2,1H3,(H,39,41)(H,40,45)(H,42,46)(H,43,47)/t32-,33-/m0/s1. The minimum Gasteiger partial charge on any atom is -0.453 e.